The molecule has 2 atom stereocenters. The topological polar surface area (TPSA) is 49.4 Å². The van der Waals surface area contributed by atoms with Gasteiger partial charge in [0, 0.05) is 11.0 Å². The van der Waals surface area contributed by atoms with E-state index in [-0.39, 0.29) is 23.4 Å². The van der Waals surface area contributed by atoms with Crippen LogP contribution in [-0.2, 0) is 4.79 Å². The molecule has 2 aromatic rings. The van der Waals surface area contributed by atoms with E-state index in [0.29, 0.717) is 5.56 Å². The molecule has 1 saturated heterocycles. The zero-order valence-corrected chi connectivity index (χ0v) is 14.2. The number of benzene rings is 2. The van der Waals surface area contributed by atoms with E-state index >= 15 is 0 Å². The number of carbonyl (C=O) groups excluding carboxylic acids is 2. The maximum absolute atomic E-state index is 13.2. The van der Waals surface area contributed by atoms with Crippen LogP contribution in [0.3, 0.4) is 0 Å². The molecule has 0 spiro atoms. The molecule has 3 rings (SSSR count). The van der Waals surface area contributed by atoms with Crippen molar-refractivity contribution in [3.05, 3.63) is 71.8 Å². The SMILES string of the molecule is CC(C)(C)[C@@H]1NC(=O)[C@H](c2ccccc2)N1C(=O)c1ccccc1. The third-order valence-corrected chi connectivity index (χ3v) is 4.27. The van der Waals surface area contributed by atoms with Crippen molar-refractivity contribution in [1.82, 2.24) is 10.2 Å². The van der Waals surface area contributed by atoms with Crippen LogP contribution < -0.4 is 5.32 Å². The Bertz CT molecular complexity index is 735. The van der Waals surface area contributed by atoms with Crippen molar-refractivity contribution in [1.29, 1.82) is 0 Å². The van der Waals surface area contributed by atoms with E-state index < -0.39 is 6.04 Å². The number of carbonyl (C=O) groups is 2. The van der Waals surface area contributed by atoms with Crippen LogP contribution in [-0.4, -0.2) is 22.9 Å². The molecule has 0 aromatic heterocycles. The molecular formula is C20H22N2O2. The number of nitrogens with one attached hydrogen (secondary N) is 1. The van der Waals surface area contributed by atoms with Gasteiger partial charge in [-0.15, -0.1) is 0 Å². The van der Waals surface area contributed by atoms with Crippen LogP contribution in [0.1, 0.15) is 42.7 Å². The normalized spacial score (nSPS) is 20.8. The Hall–Kier alpha value is -2.62. The van der Waals surface area contributed by atoms with Gasteiger partial charge in [-0.3, -0.25) is 9.59 Å². The smallest absolute Gasteiger partial charge is 0.256 e. The molecule has 0 aliphatic carbocycles. The van der Waals surface area contributed by atoms with Crippen molar-refractivity contribution in [2.45, 2.75) is 33.0 Å². The Morgan fingerprint density at radius 2 is 1.50 bits per heavy atom. The van der Waals surface area contributed by atoms with E-state index in [1.54, 1.807) is 17.0 Å². The van der Waals surface area contributed by atoms with Gasteiger partial charge in [0.05, 0.1) is 0 Å². The molecule has 2 amide bonds. The zero-order chi connectivity index (χ0) is 17.3. The first-order chi connectivity index (χ1) is 11.4. The molecule has 1 aliphatic heterocycles. The highest BCUT2D eigenvalue weighted by Gasteiger charge is 2.48. The molecule has 2 aromatic carbocycles. The van der Waals surface area contributed by atoms with Crippen LogP contribution in [0.5, 0.6) is 0 Å². The fraction of sp³-hybridized carbons (Fsp3) is 0.300. The summed E-state index contributed by atoms with van der Waals surface area (Å²) in [6.07, 6.45) is -0.358. The maximum Gasteiger partial charge on any atom is 0.256 e. The van der Waals surface area contributed by atoms with Crippen molar-refractivity contribution in [3.8, 4) is 0 Å². The quantitative estimate of drug-likeness (QED) is 0.921. The van der Waals surface area contributed by atoms with E-state index in [2.05, 4.69) is 5.32 Å². The summed E-state index contributed by atoms with van der Waals surface area (Å²) >= 11 is 0. The zero-order valence-electron chi connectivity index (χ0n) is 14.2. The average molecular weight is 322 g/mol. The Labute approximate surface area is 142 Å². The average Bonchev–Trinajstić information content (AvgIpc) is 2.93. The van der Waals surface area contributed by atoms with Crippen LogP contribution in [0.2, 0.25) is 0 Å². The second-order valence-electron chi connectivity index (χ2n) is 7.17. The first kappa shape index (κ1) is 16.2. The van der Waals surface area contributed by atoms with E-state index in [1.165, 1.54) is 0 Å². The highest BCUT2D eigenvalue weighted by Crippen LogP contribution is 2.36. The minimum absolute atomic E-state index is 0.134. The van der Waals surface area contributed by atoms with Crippen molar-refractivity contribution in [2.24, 2.45) is 5.41 Å². The Morgan fingerprint density at radius 1 is 0.958 bits per heavy atom. The van der Waals surface area contributed by atoms with Gasteiger partial charge in [-0.05, 0) is 17.7 Å². The Balaban J connectivity index is 2.07. The molecule has 0 saturated carbocycles. The van der Waals surface area contributed by atoms with Gasteiger partial charge in [0.15, 0.2) is 0 Å². The van der Waals surface area contributed by atoms with Crippen LogP contribution in [0.4, 0.5) is 0 Å². The fourth-order valence-corrected chi connectivity index (χ4v) is 3.10. The Kier molecular flexibility index (Phi) is 4.14. The molecule has 1 N–H and O–H groups in total. The van der Waals surface area contributed by atoms with Gasteiger partial charge in [-0.2, -0.15) is 0 Å². The number of amides is 2. The van der Waals surface area contributed by atoms with Gasteiger partial charge in [-0.25, -0.2) is 0 Å². The number of rotatable bonds is 2. The third-order valence-electron chi connectivity index (χ3n) is 4.27. The van der Waals surface area contributed by atoms with Crippen molar-refractivity contribution in [2.75, 3.05) is 0 Å². The summed E-state index contributed by atoms with van der Waals surface area (Å²) in [6, 6.07) is 18.0. The summed E-state index contributed by atoms with van der Waals surface area (Å²) in [5, 5.41) is 3.01. The Morgan fingerprint density at radius 3 is 2.04 bits per heavy atom. The molecule has 24 heavy (non-hydrogen) atoms. The van der Waals surface area contributed by atoms with Crippen molar-refractivity contribution in [3.63, 3.8) is 0 Å². The maximum atomic E-state index is 13.2. The highest BCUT2D eigenvalue weighted by atomic mass is 16.2. The van der Waals surface area contributed by atoms with Crippen LogP contribution in [0, 0.1) is 5.41 Å². The van der Waals surface area contributed by atoms with Crippen LogP contribution >= 0.6 is 0 Å². The molecule has 4 heteroatoms. The second-order valence-corrected chi connectivity index (χ2v) is 7.17. The van der Waals surface area contributed by atoms with Crippen LogP contribution in [0.25, 0.3) is 0 Å². The lowest BCUT2D eigenvalue weighted by atomic mass is 9.91. The lowest BCUT2D eigenvalue weighted by Crippen LogP contribution is -2.49. The summed E-state index contributed by atoms with van der Waals surface area (Å²) in [7, 11) is 0. The first-order valence-electron chi connectivity index (χ1n) is 8.12. The van der Waals surface area contributed by atoms with Crippen LogP contribution in [0.15, 0.2) is 60.7 Å². The van der Waals surface area contributed by atoms with Gasteiger partial charge in [0.2, 0.25) is 5.91 Å². The fourth-order valence-electron chi connectivity index (χ4n) is 3.10. The summed E-state index contributed by atoms with van der Waals surface area (Å²) < 4.78 is 0. The molecule has 1 fully saturated rings. The molecule has 0 unspecified atom stereocenters. The van der Waals surface area contributed by atoms with Gasteiger partial charge in [0.25, 0.3) is 5.91 Å². The minimum Gasteiger partial charge on any atom is -0.333 e. The lowest BCUT2D eigenvalue weighted by Gasteiger charge is -2.36. The number of hydrogen-bond acceptors (Lipinski definition) is 2. The van der Waals surface area contributed by atoms with E-state index in [9.17, 15) is 9.59 Å². The molecule has 124 valence electrons. The van der Waals surface area contributed by atoms with E-state index in [4.69, 9.17) is 0 Å². The highest BCUT2D eigenvalue weighted by molar-refractivity contribution is 6.00. The molecular weight excluding hydrogens is 300 g/mol. The predicted octanol–water partition coefficient (Wildman–Crippen LogP) is 3.37. The predicted molar refractivity (Wildman–Crippen MR) is 93.2 cm³/mol. The van der Waals surface area contributed by atoms with Crippen molar-refractivity contribution >= 4 is 11.8 Å². The lowest BCUT2D eigenvalue weighted by molar-refractivity contribution is -0.121. The molecule has 1 aliphatic rings. The molecule has 4 nitrogen and oxygen atoms in total. The summed E-state index contributed by atoms with van der Waals surface area (Å²) in [5.74, 6) is -0.270. The summed E-state index contributed by atoms with van der Waals surface area (Å²) in [6.45, 7) is 6.07. The minimum atomic E-state index is -0.608. The third kappa shape index (κ3) is 2.92. The van der Waals surface area contributed by atoms with E-state index in [0.717, 1.165) is 5.56 Å². The molecule has 0 bridgehead atoms. The van der Waals surface area contributed by atoms with Gasteiger partial charge in [0.1, 0.15) is 12.2 Å². The van der Waals surface area contributed by atoms with Gasteiger partial charge in [-0.1, -0.05) is 69.3 Å². The van der Waals surface area contributed by atoms with Gasteiger partial charge < -0.3 is 10.2 Å². The number of hydrogen-bond donors (Lipinski definition) is 1. The number of nitrogens with zero attached hydrogens (tertiary/aromatic N) is 1. The largest absolute Gasteiger partial charge is 0.333 e. The standard InChI is InChI=1S/C20H22N2O2/c1-20(2,3)19-21-17(23)16(14-10-6-4-7-11-14)22(19)18(24)15-12-8-5-9-13-15/h4-13,16,19H,1-3H3,(H,21,23)/t16-,19+/m0/s1. The second kappa shape index (κ2) is 6.11. The summed E-state index contributed by atoms with van der Waals surface area (Å²) in [5.41, 5.74) is 1.14. The van der Waals surface area contributed by atoms with Gasteiger partial charge >= 0.3 is 0 Å². The molecule has 1 heterocycles. The summed E-state index contributed by atoms with van der Waals surface area (Å²) in [4.78, 5) is 27.5. The van der Waals surface area contributed by atoms with E-state index in [1.807, 2.05) is 69.3 Å². The van der Waals surface area contributed by atoms with Crippen molar-refractivity contribution < 1.29 is 9.59 Å². The first-order valence-corrected chi connectivity index (χ1v) is 8.12. The monoisotopic (exact) mass is 322 g/mol. The molecule has 0 radical (unpaired) electrons.